The van der Waals surface area contributed by atoms with Gasteiger partial charge in [0.1, 0.15) is 17.5 Å². The number of carbonyl (C=O) groups excluding carboxylic acids is 2. The molecule has 0 bridgehead atoms. The molecule has 1 aliphatic heterocycles. The van der Waals surface area contributed by atoms with Crippen molar-refractivity contribution in [1.82, 2.24) is 15.5 Å². The molecule has 1 aliphatic rings. The molecule has 1 fully saturated rings. The Hall–Kier alpha value is -3.81. The summed E-state index contributed by atoms with van der Waals surface area (Å²) in [5.74, 6) is -1.63. The van der Waals surface area contributed by atoms with Crippen LogP contribution in [-0.4, -0.2) is 37.0 Å². The van der Waals surface area contributed by atoms with Gasteiger partial charge in [-0.15, -0.1) is 0 Å². The van der Waals surface area contributed by atoms with Crippen molar-refractivity contribution < 1.29 is 22.8 Å². The summed E-state index contributed by atoms with van der Waals surface area (Å²) in [5, 5.41) is 5.31. The van der Waals surface area contributed by atoms with Crippen molar-refractivity contribution in [3.05, 3.63) is 95.3 Å². The third kappa shape index (κ3) is 5.79. The molecule has 2 N–H and O–H groups in total. The van der Waals surface area contributed by atoms with E-state index in [1.807, 2.05) is 24.0 Å². The van der Waals surface area contributed by atoms with E-state index >= 15 is 0 Å². The number of carbonyl (C=O) groups is 2. The Balaban J connectivity index is 1.51. The molecule has 1 heterocycles. The van der Waals surface area contributed by atoms with E-state index in [0.717, 1.165) is 17.2 Å². The van der Waals surface area contributed by atoms with Gasteiger partial charge in [0.2, 0.25) is 5.91 Å². The van der Waals surface area contributed by atoms with E-state index in [4.69, 9.17) is 0 Å². The monoisotopic (exact) mass is 509 g/mol. The van der Waals surface area contributed by atoms with Crippen LogP contribution < -0.4 is 10.6 Å². The normalized spacial score (nSPS) is 18.4. The number of halogens is 3. The van der Waals surface area contributed by atoms with Crippen LogP contribution in [0.25, 0.3) is 11.1 Å². The number of nitrogens with one attached hydrogen (secondary N) is 2. The number of rotatable bonds is 7. The largest absolute Gasteiger partial charge is 0.341 e. The molecule has 5 nitrogen and oxygen atoms in total. The van der Waals surface area contributed by atoms with Crippen LogP contribution in [0.15, 0.2) is 66.7 Å². The van der Waals surface area contributed by atoms with Crippen LogP contribution in [0.3, 0.4) is 0 Å². The highest BCUT2D eigenvalue weighted by atomic mass is 19.1. The zero-order valence-corrected chi connectivity index (χ0v) is 20.9. The second-order valence-corrected chi connectivity index (χ2v) is 9.48. The SMILES string of the molecule is CNC(=O)NCC[C@@]1(c2ccc(F)cc2)CCN([C@@H](C)c2ccc(-c3ccc(F)cc3F)cc2)C(=O)C1. The summed E-state index contributed by atoms with van der Waals surface area (Å²) in [7, 11) is 1.54. The molecule has 0 spiro atoms. The fourth-order valence-corrected chi connectivity index (χ4v) is 5.10. The molecule has 194 valence electrons. The number of hydrogen-bond acceptors (Lipinski definition) is 2. The minimum absolute atomic E-state index is 0.0309. The van der Waals surface area contributed by atoms with Gasteiger partial charge in [0.05, 0.1) is 6.04 Å². The quantitative estimate of drug-likeness (QED) is 0.429. The fourth-order valence-electron chi connectivity index (χ4n) is 5.10. The molecule has 3 aromatic rings. The smallest absolute Gasteiger partial charge is 0.314 e. The van der Waals surface area contributed by atoms with Crippen molar-refractivity contribution in [2.45, 2.75) is 37.6 Å². The Morgan fingerprint density at radius 1 is 1.00 bits per heavy atom. The van der Waals surface area contributed by atoms with Gasteiger partial charge in [0.15, 0.2) is 0 Å². The van der Waals surface area contributed by atoms with Gasteiger partial charge in [-0.3, -0.25) is 4.79 Å². The first kappa shape index (κ1) is 26.3. The van der Waals surface area contributed by atoms with E-state index in [1.165, 1.54) is 31.3 Å². The molecule has 0 saturated carbocycles. The maximum absolute atomic E-state index is 14.2. The number of likely N-dealkylation sites (tertiary alicyclic amines) is 1. The average Bonchev–Trinajstić information content (AvgIpc) is 2.89. The van der Waals surface area contributed by atoms with Crippen LogP contribution in [0.1, 0.15) is 43.4 Å². The van der Waals surface area contributed by atoms with Gasteiger partial charge in [-0.05, 0) is 60.7 Å². The maximum Gasteiger partial charge on any atom is 0.314 e. The molecule has 3 aromatic carbocycles. The number of piperidine rings is 1. The van der Waals surface area contributed by atoms with Gasteiger partial charge in [-0.25, -0.2) is 18.0 Å². The standard InChI is InChI=1S/C29H30F3N3O2/c1-19(20-3-5-21(6-4-20)25-12-11-24(31)17-26(25)32)35-16-14-29(18-27(35)36,13-15-34-28(37)33-2)22-7-9-23(30)10-8-22/h3-12,17,19H,13-16,18H2,1-2H3,(H2,33,34,37)/t19-,29+/m0/s1. The summed E-state index contributed by atoms with van der Waals surface area (Å²) in [6.45, 7) is 2.82. The third-order valence-electron chi connectivity index (χ3n) is 7.32. The minimum Gasteiger partial charge on any atom is -0.341 e. The highest BCUT2D eigenvalue weighted by Gasteiger charge is 2.41. The number of benzene rings is 3. The summed E-state index contributed by atoms with van der Waals surface area (Å²) in [6.07, 6.45) is 1.43. The molecule has 1 saturated heterocycles. The lowest BCUT2D eigenvalue weighted by Gasteiger charge is -2.44. The van der Waals surface area contributed by atoms with Gasteiger partial charge in [-0.1, -0.05) is 36.4 Å². The Morgan fingerprint density at radius 2 is 1.68 bits per heavy atom. The first-order valence-corrected chi connectivity index (χ1v) is 12.3. The van der Waals surface area contributed by atoms with E-state index in [0.29, 0.717) is 37.1 Å². The number of hydrogen-bond donors (Lipinski definition) is 2. The lowest BCUT2D eigenvalue weighted by Crippen LogP contribution is -2.48. The van der Waals surface area contributed by atoms with E-state index < -0.39 is 17.0 Å². The van der Waals surface area contributed by atoms with Crippen molar-refractivity contribution in [2.24, 2.45) is 0 Å². The molecule has 37 heavy (non-hydrogen) atoms. The summed E-state index contributed by atoms with van der Waals surface area (Å²) in [6, 6.07) is 16.4. The zero-order chi connectivity index (χ0) is 26.6. The molecule has 3 amide bonds. The Kier molecular flexibility index (Phi) is 7.86. The average molecular weight is 510 g/mol. The third-order valence-corrected chi connectivity index (χ3v) is 7.32. The molecule has 0 unspecified atom stereocenters. The maximum atomic E-state index is 14.2. The highest BCUT2D eigenvalue weighted by molar-refractivity contribution is 5.79. The topological polar surface area (TPSA) is 61.4 Å². The Morgan fingerprint density at radius 3 is 2.30 bits per heavy atom. The molecule has 4 rings (SSSR count). The van der Waals surface area contributed by atoms with Gasteiger partial charge in [-0.2, -0.15) is 0 Å². The number of urea groups is 1. The molecule has 0 aliphatic carbocycles. The zero-order valence-electron chi connectivity index (χ0n) is 20.9. The lowest BCUT2D eigenvalue weighted by molar-refractivity contribution is -0.138. The van der Waals surface area contributed by atoms with Crippen molar-refractivity contribution in [1.29, 1.82) is 0 Å². The van der Waals surface area contributed by atoms with Gasteiger partial charge < -0.3 is 15.5 Å². The number of amides is 3. The molecule has 0 radical (unpaired) electrons. The predicted molar refractivity (Wildman–Crippen MR) is 136 cm³/mol. The van der Waals surface area contributed by atoms with Gasteiger partial charge >= 0.3 is 6.03 Å². The van der Waals surface area contributed by atoms with E-state index in [-0.39, 0.29) is 30.2 Å². The molecule has 2 atom stereocenters. The minimum atomic E-state index is -0.630. The van der Waals surface area contributed by atoms with E-state index in [9.17, 15) is 22.8 Å². The van der Waals surface area contributed by atoms with Crippen LogP contribution in [0, 0.1) is 17.5 Å². The summed E-state index contributed by atoms with van der Waals surface area (Å²) in [5.41, 5.74) is 2.18. The summed E-state index contributed by atoms with van der Waals surface area (Å²) in [4.78, 5) is 26.9. The van der Waals surface area contributed by atoms with Crippen LogP contribution in [0.2, 0.25) is 0 Å². The summed E-state index contributed by atoms with van der Waals surface area (Å²) >= 11 is 0. The van der Waals surface area contributed by atoms with Crippen molar-refractivity contribution >= 4 is 11.9 Å². The van der Waals surface area contributed by atoms with Gasteiger partial charge in [0, 0.05) is 43.6 Å². The molecular formula is C29H30F3N3O2. The molecule has 8 heteroatoms. The first-order valence-electron chi connectivity index (χ1n) is 12.3. The van der Waals surface area contributed by atoms with Crippen LogP contribution in [0.4, 0.5) is 18.0 Å². The summed E-state index contributed by atoms with van der Waals surface area (Å²) < 4.78 is 41.1. The van der Waals surface area contributed by atoms with E-state index in [1.54, 1.807) is 24.3 Å². The highest BCUT2D eigenvalue weighted by Crippen LogP contribution is 2.41. The molecule has 0 aromatic heterocycles. The predicted octanol–water partition coefficient (Wildman–Crippen LogP) is 5.71. The van der Waals surface area contributed by atoms with Gasteiger partial charge in [0.25, 0.3) is 0 Å². The van der Waals surface area contributed by atoms with Crippen LogP contribution >= 0.6 is 0 Å². The van der Waals surface area contributed by atoms with E-state index in [2.05, 4.69) is 10.6 Å². The lowest BCUT2D eigenvalue weighted by atomic mass is 9.70. The van der Waals surface area contributed by atoms with Crippen molar-refractivity contribution in [3.63, 3.8) is 0 Å². The van der Waals surface area contributed by atoms with Crippen molar-refractivity contribution in [2.75, 3.05) is 20.1 Å². The second-order valence-electron chi connectivity index (χ2n) is 9.48. The first-order chi connectivity index (χ1) is 17.7. The number of nitrogens with zero attached hydrogens (tertiary/aromatic N) is 1. The Bertz CT molecular complexity index is 1260. The molecular weight excluding hydrogens is 479 g/mol. The fraction of sp³-hybridized carbons (Fsp3) is 0.310. The van der Waals surface area contributed by atoms with Crippen LogP contribution in [-0.2, 0) is 10.2 Å². The van der Waals surface area contributed by atoms with Crippen molar-refractivity contribution in [3.8, 4) is 11.1 Å². The second kappa shape index (κ2) is 11.1. The van der Waals surface area contributed by atoms with Crippen LogP contribution in [0.5, 0.6) is 0 Å². The Labute approximate surface area is 214 Å².